The number of nitrogens with one attached hydrogen (secondary N) is 2. The molecule has 2 aromatic carbocycles. The van der Waals surface area contributed by atoms with Crippen molar-refractivity contribution in [3.63, 3.8) is 0 Å². The summed E-state index contributed by atoms with van der Waals surface area (Å²) in [5.74, 6) is 0.527. The average Bonchev–Trinajstić information content (AvgIpc) is 3.09. The van der Waals surface area contributed by atoms with Crippen LogP contribution in [0.15, 0.2) is 60.9 Å². The lowest BCUT2D eigenvalue weighted by molar-refractivity contribution is 0.102. The van der Waals surface area contributed by atoms with Crippen LogP contribution in [0.3, 0.4) is 0 Å². The number of carbonyl (C=O) groups is 2. The molecule has 0 unspecified atom stereocenters. The number of aldehydes is 1. The SMILES string of the molecule is O=Cc1cccc(NC(=O)c2ccc(-c3ncc[nH]3)cc2)c1. The fourth-order valence-corrected chi connectivity index (χ4v) is 2.10. The highest BCUT2D eigenvalue weighted by Crippen LogP contribution is 2.16. The van der Waals surface area contributed by atoms with Crippen molar-refractivity contribution in [3.05, 3.63) is 72.1 Å². The first kappa shape index (κ1) is 13.8. The number of benzene rings is 2. The minimum absolute atomic E-state index is 0.228. The minimum atomic E-state index is -0.228. The Bertz CT molecular complexity index is 793. The second-order valence-corrected chi connectivity index (χ2v) is 4.71. The molecule has 0 saturated heterocycles. The summed E-state index contributed by atoms with van der Waals surface area (Å²) in [7, 11) is 0. The second-order valence-electron chi connectivity index (χ2n) is 4.71. The molecule has 5 nitrogen and oxygen atoms in total. The lowest BCUT2D eigenvalue weighted by atomic mass is 10.1. The zero-order valence-electron chi connectivity index (χ0n) is 11.6. The molecule has 0 bridgehead atoms. The molecule has 0 spiro atoms. The van der Waals surface area contributed by atoms with Gasteiger partial charge in [-0.05, 0) is 24.3 Å². The minimum Gasteiger partial charge on any atom is -0.345 e. The first-order valence-electron chi connectivity index (χ1n) is 6.73. The maximum Gasteiger partial charge on any atom is 0.255 e. The van der Waals surface area contributed by atoms with Gasteiger partial charge in [-0.15, -0.1) is 0 Å². The van der Waals surface area contributed by atoms with Crippen molar-refractivity contribution in [2.24, 2.45) is 0 Å². The summed E-state index contributed by atoms with van der Waals surface area (Å²) in [6.07, 6.45) is 4.17. The molecule has 5 heteroatoms. The summed E-state index contributed by atoms with van der Waals surface area (Å²) in [5.41, 5.74) is 2.55. The summed E-state index contributed by atoms with van der Waals surface area (Å²) in [4.78, 5) is 30.1. The number of imidazole rings is 1. The van der Waals surface area contributed by atoms with Gasteiger partial charge in [0.05, 0.1) is 0 Å². The number of hydrogen-bond acceptors (Lipinski definition) is 3. The Kier molecular flexibility index (Phi) is 3.78. The van der Waals surface area contributed by atoms with E-state index >= 15 is 0 Å². The van der Waals surface area contributed by atoms with E-state index in [-0.39, 0.29) is 5.91 Å². The highest BCUT2D eigenvalue weighted by Gasteiger charge is 2.07. The zero-order chi connectivity index (χ0) is 15.4. The molecule has 3 rings (SSSR count). The Morgan fingerprint density at radius 3 is 2.64 bits per heavy atom. The Labute approximate surface area is 127 Å². The molecule has 108 valence electrons. The van der Waals surface area contributed by atoms with Crippen LogP contribution in [0.25, 0.3) is 11.4 Å². The van der Waals surface area contributed by atoms with Crippen molar-refractivity contribution in [3.8, 4) is 11.4 Å². The first-order chi connectivity index (χ1) is 10.8. The Morgan fingerprint density at radius 2 is 1.95 bits per heavy atom. The monoisotopic (exact) mass is 291 g/mol. The van der Waals surface area contributed by atoms with E-state index in [2.05, 4.69) is 15.3 Å². The number of aromatic nitrogens is 2. The molecule has 0 fully saturated rings. The highest BCUT2D eigenvalue weighted by molar-refractivity contribution is 6.04. The van der Waals surface area contributed by atoms with Crippen molar-refractivity contribution >= 4 is 17.9 Å². The lowest BCUT2D eigenvalue weighted by Gasteiger charge is -2.06. The zero-order valence-corrected chi connectivity index (χ0v) is 11.6. The van der Waals surface area contributed by atoms with E-state index in [1.165, 1.54) is 0 Å². The molecule has 0 radical (unpaired) electrons. The molecule has 0 aliphatic heterocycles. The van der Waals surface area contributed by atoms with Gasteiger partial charge in [0.2, 0.25) is 0 Å². The van der Waals surface area contributed by atoms with Gasteiger partial charge < -0.3 is 10.3 Å². The van der Waals surface area contributed by atoms with Crippen LogP contribution in [-0.4, -0.2) is 22.2 Å². The summed E-state index contributed by atoms with van der Waals surface area (Å²) in [6, 6.07) is 13.9. The van der Waals surface area contributed by atoms with E-state index in [0.29, 0.717) is 16.8 Å². The highest BCUT2D eigenvalue weighted by atomic mass is 16.1. The van der Waals surface area contributed by atoms with E-state index in [0.717, 1.165) is 17.7 Å². The molecule has 1 aromatic heterocycles. The fourth-order valence-electron chi connectivity index (χ4n) is 2.10. The number of nitrogens with zero attached hydrogens (tertiary/aromatic N) is 1. The molecule has 2 N–H and O–H groups in total. The average molecular weight is 291 g/mol. The molecule has 22 heavy (non-hydrogen) atoms. The van der Waals surface area contributed by atoms with Crippen LogP contribution < -0.4 is 5.32 Å². The van der Waals surface area contributed by atoms with Crippen LogP contribution in [0.4, 0.5) is 5.69 Å². The Morgan fingerprint density at radius 1 is 1.14 bits per heavy atom. The summed E-state index contributed by atoms with van der Waals surface area (Å²) in [6.45, 7) is 0. The maximum atomic E-state index is 12.2. The van der Waals surface area contributed by atoms with Gasteiger partial charge in [0.25, 0.3) is 5.91 Å². The van der Waals surface area contributed by atoms with Crippen molar-refractivity contribution < 1.29 is 9.59 Å². The molecule has 0 aliphatic carbocycles. The third-order valence-corrected chi connectivity index (χ3v) is 3.20. The summed E-state index contributed by atoms with van der Waals surface area (Å²) < 4.78 is 0. The van der Waals surface area contributed by atoms with E-state index in [9.17, 15) is 9.59 Å². The van der Waals surface area contributed by atoms with Gasteiger partial charge in [-0.2, -0.15) is 0 Å². The van der Waals surface area contributed by atoms with Crippen LogP contribution >= 0.6 is 0 Å². The largest absolute Gasteiger partial charge is 0.345 e. The van der Waals surface area contributed by atoms with Crippen LogP contribution in [-0.2, 0) is 0 Å². The van der Waals surface area contributed by atoms with Gasteiger partial charge >= 0.3 is 0 Å². The van der Waals surface area contributed by atoms with Gasteiger partial charge in [-0.1, -0.05) is 24.3 Å². The van der Waals surface area contributed by atoms with Crippen LogP contribution in [0, 0.1) is 0 Å². The molecular weight excluding hydrogens is 278 g/mol. The molecular formula is C17H13N3O2. The van der Waals surface area contributed by atoms with Crippen molar-refractivity contribution in [1.82, 2.24) is 9.97 Å². The van der Waals surface area contributed by atoms with Gasteiger partial charge in [-0.3, -0.25) is 9.59 Å². The van der Waals surface area contributed by atoms with Gasteiger partial charge in [0.1, 0.15) is 12.1 Å². The standard InChI is InChI=1S/C17H13N3O2/c21-11-12-2-1-3-15(10-12)20-17(22)14-6-4-13(5-7-14)16-18-8-9-19-16/h1-11H,(H,18,19)(H,20,22). The molecule has 1 heterocycles. The van der Waals surface area contributed by atoms with Crippen molar-refractivity contribution in [2.75, 3.05) is 5.32 Å². The molecule has 0 aliphatic rings. The predicted octanol–water partition coefficient (Wildman–Crippen LogP) is 3.14. The van der Waals surface area contributed by atoms with Crippen LogP contribution in [0.2, 0.25) is 0 Å². The third-order valence-electron chi connectivity index (χ3n) is 3.20. The molecule has 3 aromatic rings. The normalized spacial score (nSPS) is 10.2. The van der Waals surface area contributed by atoms with Gasteiger partial charge in [0, 0.05) is 34.8 Å². The topological polar surface area (TPSA) is 74.8 Å². The van der Waals surface area contributed by atoms with Gasteiger partial charge in [0.15, 0.2) is 0 Å². The summed E-state index contributed by atoms with van der Waals surface area (Å²) in [5, 5.41) is 2.77. The van der Waals surface area contributed by atoms with E-state index < -0.39 is 0 Å². The fraction of sp³-hybridized carbons (Fsp3) is 0. The van der Waals surface area contributed by atoms with Crippen molar-refractivity contribution in [1.29, 1.82) is 0 Å². The molecule has 1 amide bonds. The first-order valence-corrected chi connectivity index (χ1v) is 6.73. The quantitative estimate of drug-likeness (QED) is 0.725. The number of carbonyl (C=O) groups excluding carboxylic acids is 2. The van der Waals surface area contributed by atoms with E-state index in [1.54, 1.807) is 48.8 Å². The number of rotatable bonds is 4. The number of aromatic amines is 1. The predicted molar refractivity (Wildman–Crippen MR) is 83.8 cm³/mol. The lowest BCUT2D eigenvalue weighted by Crippen LogP contribution is -2.11. The van der Waals surface area contributed by atoms with Crippen LogP contribution in [0.1, 0.15) is 20.7 Å². The number of hydrogen-bond donors (Lipinski definition) is 2. The van der Waals surface area contributed by atoms with Crippen molar-refractivity contribution in [2.45, 2.75) is 0 Å². The van der Waals surface area contributed by atoms with Gasteiger partial charge in [-0.25, -0.2) is 4.98 Å². The Balaban J connectivity index is 1.76. The number of H-pyrrole nitrogens is 1. The summed E-state index contributed by atoms with van der Waals surface area (Å²) >= 11 is 0. The Hall–Kier alpha value is -3.21. The van der Waals surface area contributed by atoms with Crippen LogP contribution in [0.5, 0.6) is 0 Å². The maximum absolute atomic E-state index is 12.2. The molecule has 0 atom stereocenters. The van der Waals surface area contributed by atoms with E-state index in [1.807, 2.05) is 12.1 Å². The van der Waals surface area contributed by atoms with E-state index in [4.69, 9.17) is 0 Å². The third kappa shape index (κ3) is 2.93. The number of amides is 1. The second kappa shape index (κ2) is 6.05. The smallest absolute Gasteiger partial charge is 0.255 e. The number of anilines is 1. The molecule has 0 saturated carbocycles.